The van der Waals surface area contributed by atoms with Gasteiger partial charge in [0.25, 0.3) is 0 Å². The summed E-state index contributed by atoms with van der Waals surface area (Å²) in [6.07, 6.45) is 1.39. The van der Waals surface area contributed by atoms with Gasteiger partial charge in [-0.25, -0.2) is 4.98 Å². The second-order valence-corrected chi connectivity index (χ2v) is 4.22. The molecule has 0 aliphatic carbocycles. The number of halogens is 2. The van der Waals surface area contributed by atoms with Gasteiger partial charge in [-0.1, -0.05) is 18.5 Å². The number of nitriles is 1. The summed E-state index contributed by atoms with van der Waals surface area (Å²) in [5, 5.41) is 12.7. The molecule has 1 rings (SSSR count). The maximum atomic E-state index is 8.62. The Hall–Kier alpha value is -0.760. The molecular formula is C10H14Cl2N4. The highest BCUT2D eigenvalue weighted by Crippen LogP contribution is 2.19. The van der Waals surface area contributed by atoms with Crippen LogP contribution in [0.15, 0.2) is 0 Å². The fraction of sp³-hybridized carbons (Fsp3) is 0.600. The van der Waals surface area contributed by atoms with Crippen molar-refractivity contribution >= 4 is 23.2 Å². The van der Waals surface area contributed by atoms with Crippen LogP contribution in [0, 0.1) is 11.3 Å². The average molecular weight is 261 g/mol. The zero-order valence-corrected chi connectivity index (χ0v) is 10.8. The average Bonchev–Trinajstić information content (AvgIpc) is 2.49. The van der Waals surface area contributed by atoms with Crippen molar-refractivity contribution < 1.29 is 0 Å². The van der Waals surface area contributed by atoms with E-state index < -0.39 is 0 Å². The summed E-state index contributed by atoms with van der Waals surface area (Å²) < 4.78 is 1.73. The van der Waals surface area contributed by atoms with E-state index in [2.05, 4.69) is 16.4 Å². The molecule has 0 aliphatic heterocycles. The van der Waals surface area contributed by atoms with E-state index in [-0.39, 0.29) is 6.04 Å². The van der Waals surface area contributed by atoms with Crippen LogP contribution in [0.3, 0.4) is 0 Å². The molecule has 1 heterocycles. The summed E-state index contributed by atoms with van der Waals surface area (Å²) in [6.45, 7) is 2.60. The first-order chi connectivity index (χ1) is 7.60. The number of nitrogens with one attached hydrogen (secondary N) is 1. The van der Waals surface area contributed by atoms with Crippen molar-refractivity contribution in [2.75, 3.05) is 0 Å². The molecule has 0 bridgehead atoms. The molecule has 1 aromatic heterocycles. The Morgan fingerprint density at radius 2 is 2.25 bits per heavy atom. The minimum absolute atomic E-state index is 0.176. The van der Waals surface area contributed by atoms with E-state index in [0.717, 1.165) is 12.1 Å². The van der Waals surface area contributed by atoms with Crippen LogP contribution in [0.2, 0.25) is 10.4 Å². The lowest BCUT2D eigenvalue weighted by Gasteiger charge is -2.13. The lowest BCUT2D eigenvalue weighted by molar-refractivity contribution is 0.495. The highest BCUT2D eigenvalue weighted by Gasteiger charge is 2.13. The molecule has 0 saturated carbocycles. The first-order valence-electron chi connectivity index (χ1n) is 5.07. The van der Waals surface area contributed by atoms with E-state index in [1.165, 1.54) is 0 Å². The zero-order chi connectivity index (χ0) is 12.1. The predicted octanol–water partition coefficient (Wildman–Crippen LogP) is 2.51. The minimum Gasteiger partial charge on any atom is -0.319 e. The van der Waals surface area contributed by atoms with Gasteiger partial charge in [0, 0.05) is 19.6 Å². The van der Waals surface area contributed by atoms with Gasteiger partial charge in [0.15, 0.2) is 5.15 Å². The fourth-order valence-electron chi connectivity index (χ4n) is 1.37. The second kappa shape index (κ2) is 6.09. The lowest BCUT2D eigenvalue weighted by Crippen LogP contribution is -2.28. The molecule has 0 radical (unpaired) electrons. The van der Waals surface area contributed by atoms with Crippen LogP contribution in [-0.4, -0.2) is 15.6 Å². The molecule has 1 atom stereocenters. The van der Waals surface area contributed by atoms with E-state index in [1.807, 2.05) is 14.0 Å². The third-order valence-corrected chi connectivity index (χ3v) is 3.14. The Balaban J connectivity index is 2.64. The molecule has 1 aromatic rings. The summed E-state index contributed by atoms with van der Waals surface area (Å²) in [5.41, 5.74) is 0.836. The summed E-state index contributed by atoms with van der Waals surface area (Å²) in [4.78, 5) is 3.95. The van der Waals surface area contributed by atoms with Crippen LogP contribution in [0.5, 0.6) is 0 Å². The van der Waals surface area contributed by atoms with Crippen LogP contribution in [0.25, 0.3) is 0 Å². The van der Waals surface area contributed by atoms with Gasteiger partial charge in [0.2, 0.25) is 5.28 Å². The van der Waals surface area contributed by atoms with Crippen molar-refractivity contribution in [2.45, 2.75) is 32.4 Å². The summed E-state index contributed by atoms with van der Waals surface area (Å²) in [7, 11) is 1.81. The molecule has 1 unspecified atom stereocenters. The Morgan fingerprint density at radius 3 is 2.69 bits per heavy atom. The second-order valence-electron chi connectivity index (χ2n) is 3.53. The number of hydrogen-bond donors (Lipinski definition) is 1. The molecule has 16 heavy (non-hydrogen) atoms. The van der Waals surface area contributed by atoms with E-state index in [4.69, 9.17) is 28.5 Å². The smallest absolute Gasteiger partial charge is 0.204 e. The monoisotopic (exact) mass is 260 g/mol. The van der Waals surface area contributed by atoms with Crippen LogP contribution >= 0.6 is 23.2 Å². The molecule has 0 fully saturated rings. The number of hydrogen-bond acceptors (Lipinski definition) is 3. The van der Waals surface area contributed by atoms with Gasteiger partial charge in [-0.3, -0.25) is 0 Å². The number of aromatic nitrogens is 2. The van der Waals surface area contributed by atoms with Crippen molar-refractivity contribution in [3.63, 3.8) is 0 Å². The van der Waals surface area contributed by atoms with Crippen molar-refractivity contribution in [2.24, 2.45) is 7.05 Å². The van der Waals surface area contributed by atoms with Crippen LogP contribution < -0.4 is 5.32 Å². The lowest BCUT2D eigenvalue weighted by atomic mass is 10.1. The van der Waals surface area contributed by atoms with E-state index in [0.29, 0.717) is 23.4 Å². The highest BCUT2D eigenvalue weighted by atomic mass is 35.5. The normalized spacial score (nSPS) is 12.4. The molecule has 0 spiro atoms. The quantitative estimate of drug-likeness (QED) is 0.886. The van der Waals surface area contributed by atoms with Crippen LogP contribution in [-0.2, 0) is 13.6 Å². The maximum Gasteiger partial charge on any atom is 0.204 e. The number of rotatable bonds is 5. The fourth-order valence-corrected chi connectivity index (χ4v) is 1.88. The van der Waals surface area contributed by atoms with Gasteiger partial charge in [-0.2, -0.15) is 5.26 Å². The number of imidazole rings is 1. The molecular weight excluding hydrogens is 247 g/mol. The standard InChI is InChI=1S/C10H14Cl2N4/c1-3-7(4-5-13)14-6-8-9(11)15-10(12)16(8)2/h7,14H,3-4,6H2,1-2H3. The van der Waals surface area contributed by atoms with Crippen molar-refractivity contribution in [3.8, 4) is 6.07 Å². The van der Waals surface area contributed by atoms with E-state index >= 15 is 0 Å². The van der Waals surface area contributed by atoms with Gasteiger partial charge >= 0.3 is 0 Å². The predicted molar refractivity (Wildman–Crippen MR) is 64.4 cm³/mol. The molecule has 88 valence electrons. The van der Waals surface area contributed by atoms with Gasteiger partial charge in [0.1, 0.15) is 0 Å². The van der Waals surface area contributed by atoms with Crippen LogP contribution in [0.4, 0.5) is 0 Å². The zero-order valence-electron chi connectivity index (χ0n) is 9.30. The van der Waals surface area contributed by atoms with Gasteiger partial charge in [-0.15, -0.1) is 0 Å². The SMILES string of the molecule is CCC(CC#N)NCc1c(Cl)nc(Cl)n1C. The molecule has 4 nitrogen and oxygen atoms in total. The first-order valence-corrected chi connectivity index (χ1v) is 5.82. The molecule has 6 heteroatoms. The van der Waals surface area contributed by atoms with E-state index in [9.17, 15) is 0 Å². The summed E-state index contributed by atoms with van der Waals surface area (Å²) in [6, 6.07) is 2.32. The largest absolute Gasteiger partial charge is 0.319 e. The van der Waals surface area contributed by atoms with Crippen molar-refractivity contribution in [1.82, 2.24) is 14.9 Å². The minimum atomic E-state index is 0.176. The maximum absolute atomic E-state index is 8.62. The van der Waals surface area contributed by atoms with E-state index in [1.54, 1.807) is 4.57 Å². The Labute approximate surface area is 105 Å². The molecule has 0 aromatic carbocycles. The van der Waals surface area contributed by atoms with Gasteiger partial charge in [-0.05, 0) is 18.0 Å². The first kappa shape index (κ1) is 13.3. The summed E-state index contributed by atoms with van der Waals surface area (Å²) in [5.74, 6) is 0. The third-order valence-electron chi connectivity index (χ3n) is 2.50. The third kappa shape index (κ3) is 3.11. The van der Waals surface area contributed by atoms with Gasteiger partial charge in [0.05, 0.1) is 18.2 Å². The van der Waals surface area contributed by atoms with Crippen molar-refractivity contribution in [3.05, 3.63) is 16.1 Å². The topological polar surface area (TPSA) is 53.6 Å². The Bertz CT molecular complexity index is 394. The number of nitrogens with zero attached hydrogens (tertiary/aromatic N) is 3. The molecule has 0 aliphatic rings. The van der Waals surface area contributed by atoms with Crippen molar-refractivity contribution in [1.29, 1.82) is 5.26 Å². The molecule has 0 amide bonds. The Morgan fingerprint density at radius 1 is 1.56 bits per heavy atom. The van der Waals surface area contributed by atoms with Gasteiger partial charge < -0.3 is 9.88 Å². The Kier molecular flexibility index (Phi) is 5.07. The summed E-state index contributed by atoms with van der Waals surface area (Å²) >= 11 is 11.8. The molecule has 1 N–H and O–H groups in total. The molecule has 0 saturated heterocycles. The highest BCUT2D eigenvalue weighted by molar-refractivity contribution is 6.32. The van der Waals surface area contributed by atoms with Crippen LogP contribution in [0.1, 0.15) is 25.5 Å².